The normalized spacial score (nSPS) is 10.1. The SMILES string of the molecule is CNc1ccc(/C=C/C(=O)NO)cc1. The highest BCUT2D eigenvalue weighted by atomic mass is 16.5. The van der Waals surface area contributed by atoms with Crippen molar-refractivity contribution in [2.24, 2.45) is 0 Å². The highest BCUT2D eigenvalue weighted by Crippen LogP contribution is 2.09. The zero-order valence-corrected chi connectivity index (χ0v) is 7.82. The molecule has 4 heteroatoms. The van der Waals surface area contributed by atoms with Gasteiger partial charge in [-0.3, -0.25) is 10.0 Å². The van der Waals surface area contributed by atoms with Gasteiger partial charge in [0.15, 0.2) is 0 Å². The number of anilines is 1. The number of carbonyl (C=O) groups is 1. The number of hydroxylamine groups is 1. The van der Waals surface area contributed by atoms with Gasteiger partial charge >= 0.3 is 0 Å². The molecule has 0 aromatic heterocycles. The fraction of sp³-hybridized carbons (Fsp3) is 0.100. The Morgan fingerprint density at radius 1 is 1.36 bits per heavy atom. The Morgan fingerprint density at radius 2 is 2.00 bits per heavy atom. The summed E-state index contributed by atoms with van der Waals surface area (Å²) >= 11 is 0. The van der Waals surface area contributed by atoms with Crippen molar-refractivity contribution in [1.29, 1.82) is 0 Å². The lowest BCUT2D eigenvalue weighted by atomic mass is 10.2. The van der Waals surface area contributed by atoms with Crippen molar-refractivity contribution in [1.82, 2.24) is 5.48 Å². The van der Waals surface area contributed by atoms with Crippen molar-refractivity contribution in [2.45, 2.75) is 0 Å². The first kappa shape index (κ1) is 10.3. The van der Waals surface area contributed by atoms with Crippen LogP contribution >= 0.6 is 0 Å². The number of rotatable bonds is 3. The van der Waals surface area contributed by atoms with Crippen molar-refractivity contribution in [3.05, 3.63) is 35.9 Å². The average molecular weight is 192 g/mol. The summed E-state index contributed by atoms with van der Waals surface area (Å²) in [5.41, 5.74) is 3.42. The molecule has 0 radical (unpaired) electrons. The second-order valence-corrected chi connectivity index (χ2v) is 2.68. The molecular weight excluding hydrogens is 180 g/mol. The highest BCUT2D eigenvalue weighted by Gasteiger charge is 1.91. The van der Waals surface area contributed by atoms with Crippen LogP contribution in [0.15, 0.2) is 30.3 Å². The number of benzene rings is 1. The van der Waals surface area contributed by atoms with E-state index in [2.05, 4.69) is 5.32 Å². The first-order valence-electron chi connectivity index (χ1n) is 4.16. The lowest BCUT2D eigenvalue weighted by Crippen LogP contribution is -2.14. The van der Waals surface area contributed by atoms with E-state index in [0.717, 1.165) is 11.3 Å². The van der Waals surface area contributed by atoms with Gasteiger partial charge in [-0.1, -0.05) is 12.1 Å². The predicted molar refractivity (Wildman–Crippen MR) is 55.0 cm³/mol. The molecule has 0 heterocycles. The fourth-order valence-electron chi connectivity index (χ4n) is 0.970. The smallest absolute Gasteiger partial charge is 0.267 e. The van der Waals surface area contributed by atoms with E-state index in [-0.39, 0.29) is 0 Å². The molecule has 1 aromatic rings. The summed E-state index contributed by atoms with van der Waals surface area (Å²) in [5, 5.41) is 11.2. The summed E-state index contributed by atoms with van der Waals surface area (Å²) < 4.78 is 0. The van der Waals surface area contributed by atoms with Gasteiger partial charge in [-0.25, -0.2) is 5.48 Å². The maximum atomic E-state index is 10.6. The standard InChI is InChI=1S/C10H12N2O2/c1-11-9-5-2-8(3-6-9)4-7-10(13)12-14/h2-7,11,14H,1H3,(H,12,13)/b7-4+. The predicted octanol–water partition coefficient (Wildman–Crippen LogP) is 1.25. The third kappa shape index (κ3) is 2.91. The Balaban J connectivity index is 2.68. The Morgan fingerprint density at radius 3 is 2.50 bits per heavy atom. The molecule has 0 atom stereocenters. The topological polar surface area (TPSA) is 61.4 Å². The molecule has 0 spiro atoms. The van der Waals surface area contributed by atoms with Crippen LogP contribution in [-0.4, -0.2) is 18.2 Å². The molecule has 0 saturated heterocycles. The van der Waals surface area contributed by atoms with E-state index in [4.69, 9.17) is 5.21 Å². The van der Waals surface area contributed by atoms with E-state index in [0.29, 0.717) is 0 Å². The van der Waals surface area contributed by atoms with Gasteiger partial charge in [0.2, 0.25) is 0 Å². The monoisotopic (exact) mass is 192 g/mol. The first-order chi connectivity index (χ1) is 6.76. The Labute approximate surface area is 82.2 Å². The maximum Gasteiger partial charge on any atom is 0.267 e. The third-order valence-corrected chi connectivity index (χ3v) is 1.74. The van der Waals surface area contributed by atoms with Crippen LogP contribution in [0.4, 0.5) is 5.69 Å². The van der Waals surface area contributed by atoms with Crippen molar-refractivity contribution in [3.63, 3.8) is 0 Å². The molecule has 0 aliphatic heterocycles. The summed E-state index contributed by atoms with van der Waals surface area (Å²) in [6.07, 6.45) is 2.87. The molecule has 0 aliphatic carbocycles. The minimum Gasteiger partial charge on any atom is -0.388 e. The van der Waals surface area contributed by atoms with Crippen LogP contribution in [0.5, 0.6) is 0 Å². The van der Waals surface area contributed by atoms with Gasteiger partial charge in [0.1, 0.15) is 0 Å². The summed E-state index contributed by atoms with van der Waals surface area (Å²) in [6.45, 7) is 0. The molecule has 0 bridgehead atoms. The van der Waals surface area contributed by atoms with Gasteiger partial charge in [-0.2, -0.15) is 0 Å². The summed E-state index contributed by atoms with van der Waals surface area (Å²) in [4.78, 5) is 10.6. The molecule has 1 aromatic carbocycles. The van der Waals surface area contributed by atoms with E-state index >= 15 is 0 Å². The number of amides is 1. The molecule has 74 valence electrons. The summed E-state index contributed by atoms with van der Waals surface area (Å²) in [7, 11) is 1.84. The van der Waals surface area contributed by atoms with Gasteiger partial charge in [0.25, 0.3) is 5.91 Å². The van der Waals surface area contributed by atoms with Crippen LogP contribution in [0.2, 0.25) is 0 Å². The van der Waals surface area contributed by atoms with Crippen LogP contribution in [0.3, 0.4) is 0 Å². The third-order valence-electron chi connectivity index (χ3n) is 1.74. The van der Waals surface area contributed by atoms with Crippen LogP contribution < -0.4 is 10.8 Å². The molecule has 4 nitrogen and oxygen atoms in total. The average Bonchev–Trinajstić information content (AvgIpc) is 2.26. The van der Waals surface area contributed by atoms with Crippen LogP contribution in [0, 0.1) is 0 Å². The number of nitrogens with one attached hydrogen (secondary N) is 2. The van der Waals surface area contributed by atoms with E-state index < -0.39 is 5.91 Å². The zero-order chi connectivity index (χ0) is 10.4. The molecule has 1 amide bonds. The van der Waals surface area contributed by atoms with Crippen LogP contribution in [0.25, 0.3) is 6.08 Å². The molecule has 1 rings (SSSR count). The van der Waals surface area contributed by atoms with Gasteiger partial charge < -0.3 is 5.32 Å². The quantitative estimate of drug-likeness (QED) is 0.383. The zero-order valence-electron chi connectivity index (χ0n) is 7.82. The molecular formula is C10H12N2O2. The number of hydrogen-bond donors (Lipinski definition) is 3. The molecule has 0 aliphatic rings. The largest absolute Gasteiger partial charge is 0.388 e. The maximum absolute atomic E-state index is 10.6. The fourth-order valence-corrected chi connectivity index (χ4v) is 0.970. The minimum absolute atomic E-state index is 0.539. The second-order valence-electron chi connectivity index (χ2n) is 2.68. The number of hydrogen-bond acceptors (Lipinski definition) is 3. The molecule has 0 fully saturated rings. The molecule has 0 saturated carbocycles. The summed E-state index contributed by atoms with van der Waals surface area (Å²) in [5.74, 6) is -0.539. The van der Waals surface area contributed by atoms with Gasteiger partial charge in [0.05, 0.1) is 0 Å². The van der Waals surface area contributed by atoms with E-state index in [1.54, 1.807) is 6.08 Å². The van der Waals surface area contributed by atoms with Gasteiger partial charge in [-0.15, -0.1) is 0 Å². The van der Waals surface area contributed by atoms with Gasteiger partial charge in [0, 0.05) is 18.8 Å². The van der Waals surface area contributed by atoms with Crippen LogP contribution in [0.1, 0.15) is 5.56 Å². The summed E-state index contributed by atoms with van der Waals surface area (Å²) in [6, 6.07) is 7.53. The second kappa shape index (κ2) is 5.04. The Hall–Kier alpha value is -1.81. The van der Waals surface area contributed by atoms with Crippen molar-refractivity contribution < 1.29 is 10.0 Å². The lowest BCUT2D eigenvalue weighted by molar-refractivity contribution is -0.124. The molecule has 14 heavy (non-hydrogen) atoms. The van der Waals surface area contributed by atoms with Gasteiger partial charge in [-0.05, 0) is 23.8 Å². The Bertz CT molecular complexity index is 330. The minimum atomic E-state index is -0.539. The molecule has 0 unspecified atom stereocenters. The highest BCUT2D eigenvalue weighted by molar-refractivity contribution is 5.90. The van der Waals surface area contributed by atoms with E-state index in [1.165, 1.54) is 11.6 Å². The Kier molecular flexibility index (Phi) is 3.69. The lowest BCUT2D eigenvalue weighted by Gasteiger charge is -1.99. The molecule has 3 N–H and O–H groups in total. The number of carbonyl (C=O) groups excluding carboxylic acids is 1. The van der Waals surface area contributed by atoms with Crippen molar-refractivity contribution in [3.8, 4) is 0 Å². The van der Waals surface area contributed by atoms with E-state index in [9.17, 15) is 4.79 Å². The van der Waals surface area contributed by atoms with Crippen LogP contribution in [-0.2, 0) is 4.79 Å². The van der Waals surface area contributed by atoms with Crippen molar-refractivity contribution in [2.75, 3.05) is 12.4 Å². The van der Waals surface area contributed by atoms with Crippen molar-refractivity contribution >= 4 is 17.7 Å². The van der Waals surface area contributed by atoms with E-state index in [1.807, 2.05) is 31.3 Å². The first-order valence-corrected chi connectivity index (χ1v) is 4.16.